The zero-order valence-corrected chi connectivity index (χ0v) is 13.0. The smallest absolute Gasteiger partial charge is 0.227 e. The Bertz CT molecular complexity index is 508. The fourth-order valence-electron chi connectivity index (χ4n) is 2.43. The summed E-state index contributed by atoms with van der Waals surface area (Å²) < 4.78 is 10.7. The van der Waals surface area contributed by atoms with Gasteiger partial charge in [0.25, 0.3) is 0 Å². The van der Waals surface area contributed by atoms with Crippen molar-refractivity contribution in [3.05, 3.63) is 28.8 Å². The highest BCUT2D eigenvalue weighted by atomic mass is 35.5. The molecule has 6 heteroatoms. The van der Waals surface area contributed by atoms with Crippen LogP contribution in [-0.2, 0) is 16.0 Å². The van der Waals surface area contributed by atoms with Crippen molar-refractivity contribution in [1.82, 2.24) is 4.90 Å². The number of halogens is 1. The topological polar surface area (TPSA) is 59.0 Å². The van der Waals surface area contributed by atoms with Gasteiger partial charge >= 0.3 is 0 Å². The first-order valence-electron chi connectivity index (χ1n) is 6.89. The number of hydrogen-bond donors (Lipinski definition) is 1. The predicted octanol–water partition coefficient (Wildman–Crippen LogP) is 1.50. The lowest BCUT2D eigenvalue weighted by molar-refractivity contribution is -0.145. The van der Waals surface area contributed by atoms with Gasteiger partial charge in [-0.15, -0.1) is 0 Å². The lowest BCUT2D eigenvalue weighted by Crippen LogP contribution is -2.52. The molecule has 2 rings (SSSR count). The second-order valence-electron chi connectivity index (χ2n) is 5.17. The summed E-state index contributed by atoms with van der Waals surface area (Å²) in [5, 5.41) is 9.76. The Morgan fingerprint density at radius 1 is 1.57 bits per heavy atom. The van der Waals surface area contributed by atoms with Crippen LogP contribution in [0.5, 0.6) is 5.75 Å². The molecule has 116 valence electrons. The van der Waals surface area contributed by atoms with Crippen LogP contribution in [0.4, 0.5) is 0 Å². The van der Waals surface area contributed by atoms with Crippen molar-refractivity contribution in [2.45, 2.75) is 25.5 Å². The third-order valence-electron chi connectivity index (χ3n) is 3.61. The Balaban J connectivity index is 2.11. The molecule has 21 heavy (non-hydrogen) atoms. The van der Waals surface area contributed by atoms with E-state index in [9.17, 15) is 9.90 Å². The van der Waals surface area contributed by atoms with Gasteiger partial charge in [-0.05, 0) is 25.1 Å². The van der Waals surface area contributed by atoms with Gasteiger partial charge in [0.05, 0.1) is 38.9 Å². The van der Waals surface area contributed by atoms with E-state index in [1.165, 1.54) is 0 Å². The summed E-state index contributed by atoms with van der Waals surface area (Å²) in [5.74, 6) is 0.622. The number of methoxy groups -OCH3 is 1. The molecule has 0 bridgehead atoms. The second-order valence-corrected chi connectivity index (χ2v) is 5.60. The van der Waals surface area contributed by atoms with Crippen LogP contribution in [0.3, 0.4) is 0 Å². The minimum Gasteiger partial charge on any atom is -0.496 e. The summed E-state index contributed by atoms with van der Waals surface area (Å²) in [6, 6.07) is 5.22. The van der Waals surface area contributed by atoms with Crippen LogP contribution < -0.4 is 4.74 Å². The van der Waals surface area contributed by atoms with E-state index in [0.717, 1.165) is 5.56 Å². The van der Waals surface area contributed by atoms with E-state index >= 15 is 0 Å². The molecule has 0 saturated carbocycles. The summed E-state index contributed by atoms with van der Waals surface area (Å²) in [4.78, 5) is 14.2. The first-order chi connectivity index (χ1) is 10.0. The van der Waals surface area contributed by atoms with Crippen LogP contribution in [0.15, 0.2) is 18.2 Å². The van der Waals surface area contributed by atoms with E-state index in [0.29, 0.717) is 23.9 Å². The normalized spacial score (nSPS) is 22.2. The minimum absolute atomic E-state index is 0.00882. The van der Waals surface area contributed by atoms with Gasteiger partial charge < -0.3 is 19.5 Å². The second kappa shape index (κ2) is 7.11. The number of morpholine rings is 1. The van der Waals surface area contributed by atoms with Gasteiger partial charge in [-0.3, -0.25) is 4.79 Å². The number of amides is 1. The maximum Gasteiger partial charge on any atom is 0.227 e. The summed E-state index contributed by atoms with van der Waals surface area (Å²) in [7, 11) is 1.57. The van der Waals surface area contributed by atoms with Crippen molar-refractivity contribution < 1.29 is 19.4 Å². The van der Waals surface area contributed by atoms with Crippen molar-refractivity contribution in [2.75, 3.05) is 26.9 Å². The number of carbonyl (C=O) groups excluding carboxylic acids is 1. The molecule has 0 aliphatic carbocycles. The predicted molar refractivity (Wildman–Crippen MR) is 79.7 cm³/mol. The van der Waals surface area contributed by atoms with Crippen molar-refractivity contribution >= 4 is 17.5 Å². The maximum atomic E-state index is 12.5. The lowest BCUT2D eigenvalue weighted by atomic mass is 10.1. The van der Waals surface area contributed by atoms with Crippen molar-refractivity contribution in [3.8, 4) is 5.75 Å². The van der Waals surface area contributed by atoms with E-state index in [2.05, 4.69) is 0 Å². The van der Waals surface area contributed by atoms with E-state index in [1.54, 1.807) is 30.2 Å². The highest BCUT2D eigenvalue weighted by molar-refractivity contribution is 6.30. The number of nitrogens with zero attached hydrogens (tertiary/aromatic N) is 1. The number of rotatable bonds is 4. The van der Waals surface area contributed by atoms with Crippen molar-refractivity contribution in [1.29, 1.82) is 0 Å². The Kier molecular flexibility index (Phi) is 5.45. The van der Waals surface area contributed by atoms with Crippen LogP contribution >= 0.6 is 11.6 Å². The van der Waals surface area contributed by atoms with E-state index in [4.69, 9.17) is 21.1 Å². The van der Waals surface area contributed by atoms with Crippen molar-refractivity contribution in [2.24, 2.45) is 0 Å². The average molecular weight is 314 g/mol. The molecule has 1 aliphatic heterocycles. The standard InChI is InChI=1S/C15H20ClNO4/c1-10-9-21-13(8-18)7-17(10)15(19)6-11-5-12(16)3-4-14(11)20-2/h3-5,10,13,18H,6-9H2,1-2H3. The van der Waals surface area contributed by atoms with Crippen LogP contribution in [0.25, 0.3) is 0 Å². The molecule has 0 aromatic heterocycles. The van der Waals surface area contributed by atoms with Gasteiger partial charge in [-0.1, -0.05) is 11.6 Å². The van der Waals surface area contributed by atoms with Crippen LogP contribution in [0, 0.1) is 0 Å². The van der Waals surface area contributed by atoms with Crippen LogP contribution in [0.2, 0.25) is 5.02 Å². The first-order valence-corrected chi connectivity index (χ1v) is 7.27. The van der Waals surface area contributed by atoms with E-state index in [1.807, 2.05) is 6.92 Å². The van der Waals surface area contributed by atoms with Crippen molar-refractivity contribution in [3.63, 3.8) is 0 Å². The average Bonchev–Trinajstić information content (AvgIpc) is 2.48. The highest BCUT2D eigenvalue weighted by Gasteiger charge is 2.29. The molecule has 1 aromatic rings. The number of benzene rings is 1. The molecular weight excluding hydrogens is 294 g/mol. The molecule has 5 nitrogen and oxygen atoms in total. The maximum absolute atomic E-state index is 12.5. The molecular formula is C15H20ClNO4. The SMILES string of the molecule is COc1ccc(Cl)cc1CC(=O)N1CC(CO)OCC1C. The molecule has 1 heterocycles. The molecule has 0 spiro atoms. The Morgan fingerprint density at radius 3 is 3.00 bits per heavy atom. The summed E-state index contributed by atoms with van der Waals surface area (Å²) in [6.07, 6.45) is -0.0990. The molecule has 1 N–H and O–H groups in total. The highest BCUT2D eigenvalue weighted by Crippen LogP contribution is 2.24. The molecule has 2 unspecified atom stereocenters. The zero-order chi connectivity index (χ0) is 15.4. The third kappa shape index (κ3) is 3.87. The molecule has 0 radical (unpaired) electrons. The van der Waals surface area contributed by atoms with Gasteiger partial charge in [-0.2, -0.15) is 0 Å². The summed E-state index contributed by atoms with van der Waals surface area (Å²) in [6.45, 7) is 2.68. The largest absolute Gasteiger partial charge is 0.496 e. The van der Waals surface area contributed by atoms with E-state index in [-0.39, 0.29) is 31.1 Å². The zero-order valence-electron chi connectivity index (χ0n) is 12.2. The molecule has 1 amide bonds. The molecule has 2 atom stereocenters. The van der Waals surface area contributed by atoms with Gasteiger partial charge in [0.15, 0.2) is 0 Å². The van der Waals surface area contributed by atoms with Gasteiger partial charge in [0, 0.05) is 17.1 Å². The lowest BCUT2D eigenvalue weighted by Gasteiger charge is -2.37. The first kappa shape index (κ1) is 16.1. The summed E-state index contributed by atoms with van der Waals surface area (Å²) in [5.41, 5.74) is 0.759. The minimum atomic E-state index is -0.314. The van der Waals surface area contributed by atoms with E-state index < -0.39 is 0 Å². The van der Waals surface area contributed by atoms with Crippen LogP contribution in [0.1, 0.15) is 12.5 Å². The number of hydrogen-bond acceptors (Lipinski definition) is 4. The Morgan fingerprint density at radius 2 is 2.33 bits per heavy atom. The molecule has 1 fully saturated rings. The fourth-order valence-corrected chi connectivity index (χ4v) is 2.62. The molecule has 1 aliphatic rings. The summed E-state index contributed by atoms with van der Waals surface area (Å²) >= 11 is 5.98. The number of ether oxygens (including phenoxy) is 2. The monoisotopic (exact) mass is 313 g/mol. The fraction of sp³-hybridized carbons (Fsp3) is 0.533. The van der Waals surface area contributed by atoms with Gasteiger partial charge in [-0.25, -0.2) is 0 Å². The number of aliphatic hydroxyl groups is 1. The molecule has 1 aromatic carbocycles. The Hall–Kier alpha value is -1.30. The van der Waals surface area contributed by atoms with Gasteiger partial charge in [0.1, 0.15) is 5.75 Å². The number of carbonyl (C=O) groups is 1. The molecule has 1 saturated heterocycles. The van der Waals surface area contributed by atoms with Gasteiger partial charge in [0.2, 0.25) is 5.91 Å². The quantitative estimate of drug-likeness (QED) is 0.915. The Labute approximate surface area is 129 Å². The number of aliphatic hydroxyl groups excluding tert-OH is 1. The van der Waals surface area contributed by atoms with Crippen LogP contribution in [-0.4, -0.2) is 54.9 Å². The third-order valence-corrected chi connectivity index (χ3v) is 3.85.